The van der Waals surface area contributed by atoms with Crippen LogP contribution in [0, 0.1) is 0 Å². The number of nitrogens with one attached hydrogen (secondary N) is 1. The van der Waals surface area contributed by atoms with Crippen molar-refractivity contribution < 1.29 is 31.1 Å². The van der Waals surface area contributed by atoms with Crippen molar-refractivity contribution in [3.05, 3.63) is 29.3 Å². The van der Waals surface area contributed by atoms with E-state index in [1.54, 1.807) is 4.72 Å². The van der Waals surface area contributed by atoms with Crippen molar-refractivity contribution in [3.63, 3.8) is 0 Å². The summed E-state index contributed by atoms with van der Waals surface area (Å²) < 4.78 is 70.1. The number of hydrogen-bond acceptors (Lipinski definition) is 10. The normalized spacial score (nSPS) is 16.6. The lowest BCUT2D eigenvalue weighted by molar-refractivity contribution is -0.135. The van der Waals surface area contributed by atoms with Crippen LogP contribution in [-0.4, -0.2) is 43.6 Å². The van der Waals surface area contributed by atoms with Crippen LogP contribution < -0.4 is 15.5 Å². The number of benzene rings is 1. The van der Waals surface area contributed by atoms with E-state index < -0.39 is 27.2 Å². The zero-order chi connectivity index (χ0) is 28.7. The van der Waals surface area contributed by atoms with E-state index in [-0.39, 0.29) is 34.5 Å². The van der Waals surface area contributed by atoms with Gasteiger partial charge in [-0.1, -0.05) is 26.8 Å². The Morgan fingerprint density at radius 1 is 1.34 bits per heavy atom. The first kappa shape index (κ1) is 31.4. The van der Waals surface area contributed by atoms with Gasteiger partial charge in [-0.15, -0.1) is 10.2 Å². The Morgan fingerprint density at radius 2 is 2.03 bits per heavy atom. The van der Waals surface area contributed by atoms with Crippen LogP contribution in [0.25, 0.3) is 0 Å². The number of carbonyl (C=O) groups excluding carboxylic acids is 1. The summed E-state index contributed by atoms with van der Waals surface area (Å²) in [6.07, 6.45) is 3.70. The van der Waals surface area contributed by atoms with Gasteiger partial charge in [-0.3, -0.25) is 4.72 Å². The first-order valence-electron chi connectivity index (χ1n) is 12.0. The molecule has 15 heteroatoms. The summed E-state index contributed by atoms with van der Waals surface area (Å²) in [7, 11) is -5.74. The lowest BCUT2D eigenvalue weighted by atomic mass is 9.92. The van der Waals surface area contributed by atoms with E-state index in [4.69, 9.17) is 10.6 Å². The molecular formula is C23H33F3N6O4S2. The van der Waals surface area contributed by atoms with Crippen LogP contribution in [-0.2, 0) is 26.0 Å². The van der Waals surface area contributed by atoms with E-state index in [1.165, 1.54) is 12.1 Å². The highest BCUT2D eigenvalue weighted by molar-refractivity contribution is 8.18. The second-order valence-electron chi connectivity index (χ2n) is 8.77. The molecule has 0 bridgehead atoms. The number of anilines is 2. The molecule has 1 aromatic rings. The summed E-state index contributed by atoms with van der Waals surface area (Å²) in [6.45, 7) is 11.7. The maximum absolute atomic E-state index is 13.2. The number of ether oxygens (including phenoxy) is 1. The fraction of sp³-hybridized carbons (Fsp3) is 0.565. The van der Waals surface area contributed by atoms with Crippen molar-refractivity contribution in [2.24, 2.45) is 21.2 Å². The molecule has 1 heterocycles. The van der Waals surface area contributed by atoms with Gasteiger partial charge in [0, 0.05) is 17.8 Å². The van der Waals surface area contributed by atoms with Gasteiger partial charge in [0.25, 0.3) is 0 Å². The predicted molar refractivity (Wildman–Crippen MR) is 144 cm³/mol. The number of nitrogens with two attached hydrogens (primary N) is 1. The Balaban J connectivity index is 2.44. The molecule has 0 saturated carbocycles. The van der Waals surface area contributed by atoms with Crippen LogP contribution in [0.1, 0.15) is 58.9 Å². The number of esters is 1. The third-order valence-electron chi connectivity index (χ3n) is 5.70. The Labute approximate surface area is 225 Å². The molecule has 3 N–H and O–H groups in total. The molecule has 38 heavy (non-hydrogen) atoms. The average molecular weight is 579 g/mol. The molecule has 0 amide bonds. The summed E-state index contributed by atoms with van der Waals surface area (Å²) in [5, 5.41) is 10.9. The Morgan fingerprint density at radius 3 is 2.58 bits per heavy atom. The number of halogens is 3. The second-order valence-corrected chi connectivity index (χ2v) is 11.5. The molecular weight excluding hydrogens is 545 g/mol. The number of thioether (sulfide) groups is 1. The van der Waals surface area contributed by atoms with Crippen molar-refractivity contribution in [3.8, 4) is 0 Å². The van der Waals surface area contributed by atoms with Gasteiger partial charge in [0.2, 0.25) is 5.04 Å². The van der Waals surface area contributed by atoms with Gasteiger partial charge in [-0.2, -0.15) is 26.7 Å². The van der Waals surface area contributed by atoms with Crippen molar-refractivity contribution in [2.45, 2.75) is 77.4 Å². The zero-order valence-corrected chi connectivity index (χ0v) is 23.3. The Bertz CT molecular complexity index is 1190. The summed E-state index contributed by atoms with van der Waals surface area (Å²) in [6, 6.07) is 3.01. The molecule has 0 aromatic heterocycles. The van der Waals surface area contributed by atoms with Crippen LogP contribution in [0.4, 0.5) is 30.2 Å². The molecule has 1 unspecified atom stereocenters. The Kier molecular flexibility index (Phi) is 11.0. The number of rotatable bonds is 10. The van der Waals surface area contributed by atoms with Gasteiger partial charge >= 0.3 is 21.5 Å². The largest absolute Gasteiger partial charge is 0.516 e. The molecule has 2 rings (SSSR count). The fourth-order valence-electron chi connectivity index (χ4n) is 3.92. The molecule has 1 aliphatic rings. The quantitative estimate of drug-likeness (QED) is 0.0681. The maximum atomic E-state index is 13.2. The van der Waals surface area contributed by atoms with Gasteiger partial charge < -0.3 is 15.5 Å². The number of hydrogen-bond donors (Lipinski definition) is 2. The summed E-state index contributed by atoms with van der Waals surface area (Å²) in [4.78, 5) is 14.2. The molecule has 10 nitrogen and oxygen atoms in total. The van der Waals surface area contributed by atoms with Crippen molar-refractivity contribution in [1.82, 2.24) is 0 Å². The van der Waals surface area contributed by atoms with Crippen LogP contribution >= 0.6 is 11.8 Å². The number of unbranched alkanes of at least 4 members (excludes halogenated alkanes) is 1. The number of aryl methyl sites for hydroxylation is 1. The zero-order valence-electron chi connectivity index (χ0n) is 21.7. The highest BCUT2D eigenvalue weighted by atomic mass is 32.2. The third kappa shape index (κ3) is 7.85. The number of nitrogens with zero attached hydrogens (tertiary/aromatic N) is 4. The Hall–Kier alpha value is -2.81. The standard InChI is InChI=1S/C23H33F3N6O4S2/c1-6-8-11-36-22(33)21(28-27)37-15(5)29-30-18-12-16-9-10-17(7-2)32(14(3)4)20(16)13-19(18)31-38(34,35)23(24,25)26/h12-14,17,31H,5-11,27H2,1-4H3/b28-21-,30-29?. The minimum atomic E-state index is -5.74. The number of fused-ring (bicyclic) bond motifs is 1. The first-order valence-corrected chi connectivity index (χ1v) is 14.3. The molecule has 1 aromatic carbocycles. The lowest BCUT2D eigenvalue weighted by Gasteiger charge is -2.42. The van der Waals surface area contributed by atoms with Crippen LogP contribution in [0.2, 0.25) is 0 Å². The summed E-state index contributed by atoms with van der Waals surface area (Å²) in [5.41, 5.74) is -4.66. The van der Waals surface area contributed by atoms with Crippen LogP contribution in [0.15, 0.2) is 39.1 Å². The van der Waals surface area contributed by atoms with Crippen molar-refractivity contribution in [1.29, 1.82) is 0 Å². The summed E-state index contributed by atoms with van der Waals surface area (Å²) in [5.74, 6) is 4.49. The molecule has 0 saturated heterocycles. The third-order valence-corrected chi connectivity index (χ3v) is 7.58. The minimum absolute atomic E-state index is 0.0146. The average Bonchev–Trinajstić information content (AvgIpc) is 2.84. The monoisotopic (exact) mass is 578 g/mol. The van der Waals surface area contributed by atoms with E-state index in [1.807, 2.05) is 27.7 Å². The van der Waals surface area contributed by atoms with E-state index in [0.29, 0.717) is 30.3 Å². The number of alkyl halides is 3. The molecule has 0 radical (unpaired) electrons. The van der Waals surface area contributed by atoms with E-state index in [0.717, 1.165) is 24.8 Å². The van der Waals surface area contributed by atoms with Crippen molar-refractivity contribution >= 4 is 49.9 Å². The highest BCUT2D eigenvalue weighted by Crippen LogP contribution is 2.42. The highest BCUT2D eigenvalue weighted by Gasteiger charge is 2.46. The van der Waals surface area contributed by atoms with Gasteiger partial charge in [-0.05, 0) is 69.0 Å². The molecule has 0 fully saturated rings. The minimum Gasteiger partial charge on any atom is -0.461 e. The van der Waals surface area contributed by atoms with E-state index >= 15 is 0 Å². The van der Waals surface area contributed by atoms with E-state index in [9.17, 15) is 26.4 Å². The lowest BCUT2D eigenvalue weighted by Crippen LogP contribution is -2.43. The van der Waals surface area contributed by atoms with Crippen LogP contribution in [0.5, 0.6) is 0 Å². The van der Waals surface area contributed by atoms with Crippen molar-refractivity contribution in [2.75, 3.05) is 16.2 Å². The SMILES string of the molecule is C=C(N=Nc1cc2c(cc1NS(=O)(=O)C(F)(F)F)N(C(C)C)C(CC)CC2)S/C(=N\N)C(=O)OCCCC. The molecule has 0 spiro atoms. The number of azo groups is 1. The number of sulfonamides is 1. The predicted octanol–water partition coefficient (Wildman–Crippen LogP) is 5.79. The smallest absolute Gasteiger partial charge is 0.461 e. The number of hydrazone groups is 1. The first-order chi connectivity index (χ1) is 17.7. The molecule has 212 valence electrons. The van der Waals surface area contributed by atoms with Gasteiger partial charge in [-0.25, -0.2) is 4.79 Å². The molecule has 1 aliphatic heterocycles. The second kappa shape index (κ2) is 13.3. The van der Waals surface area contributed by atoms with Gasteiger partial charge in [0.1, 0.15) is 10.7 Å². The van der Waals surface area contributed by atoms with E-state index in [2.05, 4.69) is 26.8 Å². The summed E-state index contributed by atoms with van der Waals surface area (Å²) >= 11 is 0.658. The molecule has 1 atom stereocenters. The van der Waals surface area contributed by atoms with Gasteiger partial charge in [0.05, 0.1) is 12.3 Å². The van der Waals surface area contributed by atoms with Crippen LogP contribution in [0.3, 0.4) is 0 Å². The number of carbonyl (C=O) groups is 1. The topological polar surface area (TPSA) is 139 Å². The maximum Gasteiger partial charge on any atom is 0.516 e. The fourth-order valence-corrected chi connectivity index (χ4v) is 4.99. The molecule has 0 aliphatic carbocycles. The van der Waals surface area contributed by atoms with Gasteiger partial charge in [0.15, 0.2) is 0 Å².